The first kappa shape index (κ1) is 30.8. The van der Waals surface area contributed by atoms with E-state index in [1.807, 2.05) is 24.3 Å². The summed E-state index contributed by atoms with van der Waals surface area (Å²) in [5.41, 5.74) is 3.60. The fourth-order valence-corrected chi connectivity index (χ4v) is 6.38. The van der Waals surface area contributed by atoms with Gasteiger partial charge in [-0.25, -0.2) is 14.6 Å². The predicted octanol–water partition coefficient (Wildman–Crippen LogP) is 6.49. The van der Waals surface area contributed by atoms with Crippen LogP contribution in [0.15, 0.2) is 67.3 Å². The summed E-state index contributed by atoms with van der Waals surface area (Å²) in [6.07, 6.45) is 0.616. The highest BCUT2D eigenvalue weighted by Gasteiger charge is 2.38. The number of rotatable bonds is 9. The third kappa shape index (κ3) is 6.03. The molecule has 242 valence electrons. The highest BCUT2D eigenvalue weighted by Crippen LogP contribution is 2.41. The fraction of sp³-hybridized carbons (Fsp3) is 0.273. The van der Waals surface area contributed by atoms with Gasteiger partial charge in [0.15, 0.2) is 5.69 Å². The van der Waals surface area contributed by atoms with Crippen molar-refractivity contribution in [2.45, 2.75) is 19.0 Å². The van der Waals surface area contributed by atoms with Crippen molar-refractivity contribution in [3.05, 3.63) is 83.5 Å². The first-order chi connectivity index (χ1) is 22.8. The number of methoxy groups -OCH3 is 1. The van der Waals surface area contributed by atoms with Crippen LogP contribution in [0.2, 0.25) is 5.02 Å². The number of hydrogen-bond donors (Lipinski definition) is 3. The summed E-state index contributed by atoms with van der Waals surface area (Å²) in [6, 6.07) is 14.0. The summed E-state index contributed by atoms with van der Waals surface area (Å²) in [6.45, 7) is 3.82. The van der Waals surface area contributed by atoms with E-state index in [2.05, 4.69) is 40.8 Å². The maximum absolute atomic E-state index is 14.2. The number of aromatic nitrogens is 6. The summed E-state index contributed by atoms with van der Waals surface area (Å²) in [5.74, 6) is 1.39. The lowest BCUT2D eigenvalue weighted by Crippen LogP contribution is -2.44. The first-order valence-electron chi connectivity index (χ1n) is 15.2. The molecular formula is C33H31ClF3N9O. The quantitative estimate of drug-likeness (QED) is 0.151. The lowest BCUT2D eigenvalue weighted by atomic mass is 9.98. The Morgan fingerprint density at radius 1 is 1.00 bits per heavy atom. The second-order valence-electron chi connectivity index (χ2n) is 11.3. The van der Waals surface area contributed by atoms with Gasteiger partial charge in [-0.1, -0.05) is 11.6 Å². The average Bonchev–Trinajstić information content (AvgIpc) is 3.74. The standard InChI is InChI=1S/C33H31ClF3N9O/c1-47-22-6-4-21(5-7-22)46-31(33(35,36)37)20(17-43-46)3-2-10-39-28-9-8-27-25(18-42-44-27)30(28)23-16-29-24(15-26(23)34)32(41-19-40-29)45-13-11-38-12-14-45/h4-9,15-19,38-39H,2-3,10-14H2,1H3,(H,42,44). The highest BCUT2D eigenvalue weighted by atomic mass is 35.5. The molecule has 0 amide bonds. The van der Waals surface area contributed by atoms with Crippen LogP contribution >= 0.6 is 11.6 Å². The molecule has 3 aromatic heterocycles. The van der Waals surface area contributed by atoms with Crippen molar-refractivity contribution in [2.75, 3.05) is 50.1 Å². The van der Waals surface area contributed by atoms with Gasteiger partial charge in [0.05, 0.1) is 36.2 Å². The topological polar surface area (TPSA) is 109 Å². The highest BCUT2D eigenvalue weighted by molar-refractivity contribution is 6.35. The molecule has 0 spiro atoms. The van der Waals surface area contributed by atoms with Gasteiger partial charge in [-0.2, -0.15) is 23.4 Å². The largest absolute Gasteiger partial charge is 0.497 e. The number of hydrogen-bond acceptors (Lipinski definition) is 8. The molecule has 3 N–H and O–H groups in total. The SMILES string of the molecule is COc1ccc(-n2ncc(CCCNc3ccc4[nH]ncc4c3-c3cc4ncnc(N5CCNCC5)c4cc3Cl)c2C(F)(F)F)cc1. The van der Waals surface area contributed by atoms with Crippen molar-refractivity contribution in [1.82, 2.24) is 35.3 Å². The number of piperazine rings is 1. The molecule has 10 nitrogen and oxygen atoms in total. The second-order valence-corrected chi connectivity index (χ2v) is 11.7. The van der Waals surface area contributed by atoms with E-state index in [1.165, 1.54) is 13.3 Å². The zero-order valence-corrected chi connectivity index (χ0v) is 26.2. The number of H-pyrrole nitrogens is 1. The number of anilines is 2. The van der Waals surface area contributed by atoms with Gasteiger partial charge in [0.1, 0.15) is 17.9 Å². The second kappa shape index (κ2) is 12.7. The minimum absolute atomic E-state index is 0.123. The minimum Gasteiger partial charge on any atom is -0.497 e. The molecule has 0 aliphatic carbocycles. The van der Waals surface area contributed by atoms with Crippen LogP contribution in [0, 0.1) is 0 Å². The Bertz CT molecular complexity index is 2040. The number of fused-ring (bicyclic) bond motifs is 2. The van der Waals surface area contributed by atoms with Gasteiger partial charge in [0, 0.05) is 70.9 Å². The van der Waals surface area contributed by atoms with Gasteiger partial charge in [-0.3, -0.25) is 5.10 Å². The Morgan fingerprint density at radius 3 is 2.57 bits per heavy atom. The molecule has 1 saturated heterocycles. The Hall–Kier alpha value is -4.88. The molecule has 47 heavy (non-hydrogen) atoms. The van der Waals surface area contributed by atoms with Crippen LogP contribution in [0.5, 0.6) is 5.75 Å². The van der Waals surface area contributed by atoms with E-state index in [0.29, 0.717) is 29.4 Å². The van der Waals surface area contributed by atoms with Gasteiger partial charge in [-0.05, 0) is 61.4 Å². The van der Waals surface area contributed by atoms with Crippen LogP contribution < -0.4 is 20.3 Å². The van der Waals surface area contributed by atoms with E-state index in [4.69, 9.17) is 16.3 Å². The lowest BCUT2D eigenvalue weighted by molar-refractivity contribution is -0.143. The monoisotopic (exact) mass is 661 g/mol. The zero-order chi connectivity index (χ0) is 32.5. The molecular weight excluding hydrogens is 631 g/mol. The molecule has 1 aliphatic heterocycles. The van der Waals surface area contributed by atoms with Crippen LogP contribution in [-0.2, 0) is 12.6 Å². The third-order valence-electron chi connectivity index (χ3n) is 8.38. The Kier molecular flexibility index (Phi) is 8.33. The number of halogens is 4. The summed E-state index contributed by atoms with van der Waals surface area (Å²) in [7, 11) is 1.50. The lowest BCUT2D eigenvalue weighted by Gasteiger charge is -2.29. The number of benzene rings is 3. The van der Waals surface area contributed by atoms with Crippen LogP contribution in [-0.4, -0.2) is 69.8 Å². The van der Waals surface area contributed by atoms with Crippen molar-refractivity contribution in [1.29, 1.82) is 0 Å². The maximum Gasteiger partial charge on any atom is 0.433 e. The number of ether oxygens (including phenoxy) is 1. The van der Waals surface area contributed by atoms with Crippen LogP contribution in [0.3, 0.4) is 0 Å². The molecule has 0 bridgehead atoms. The van der Waals surface area contributed by atoms with Crippen molar-refractivity contribution in [3.8, 4) is 22.6 Å². The number of aromatic amines is 1. The number of alkyl halides is 3. The zero-order valence-electron chi connectivity index (χ0n) is 25.4. The molecule has 1 fully saturated rings. The van der Waals surface area contributed by atoms with E-state index >= 15 is 0 Å². The van der Waals surface area contributed by atoms with E-state index < -0.39 is 11.9 Å². The van der Waals surface area contributed by atoms with Crippen LogP contribution in [0.25, 0.3) is 38.6 Å². The van der Waals surface area contributed by atoms with Gasteiger partial charge in [0.2, 0.25) is 0 Å². The number of aryl methyl sites for hydroxylation is 1. The summed E-state index contributed by atoms with van der Waals surface area (Å²) >= 11 is 6.99. The van der Waals surface area contributed by atoms with Crippen molar-refractivity contribution in [3.63, 3.8) is 0 Å². The summed E-state index contributed by atoms with van der Waals surface area (Å²) in [4.78, 5) is 11.4. The molecule has 3 aromatic carbocycles. The van der Waals surface area contributed by atoms with E-state index in [0.717, 1.165) is 75.3 Å². The fourth-order valence-electron chi connectivity index (χ4n) is 6.13. The molecule has 0 saturated carbocycles. The first-order valence-corrected chi connectivity index (χ1v) is 15.6. The van der Waals surface area contributed by atoms with Gasteiger partial charge in [0.25, 0.3) is 0 Å². The third-order valence-corrected chi connectivity index (χ3v) is 8.69. The molecule has 0 unspecified atom stereocenters. The van der Waals surface area contributed by atoms with Gasteiger partial charge < -0.3 is 20.3 Å². The molecule has 14 heteroatoms. The van der Waals surface area contributed by atoms with Gasteiger partial charge in [-0.15, -0.1) is 0 Å². The summed E-state index contributed by atoms with van der Waals surface area (Å²) in [5, 5.41) is 20.4. The Labute approximate surface area is 272 Å². The van der Waals surface area contributed by atoms with Crippen molar-refractivity contribution in [2.24, 2.45) is 0 Å². The van der Waals surface area contributed by atoms with Gasteiger partial charge >= 0.3 is 6.18 Å². The molecule has 6 aromatic rings. The summed E-state index contributed by atoms with van der Waals surface area (Å²) < 4.78 is 48.8. The molecule has 0 radical (unpaired) electrons. The van der Waals surface area contributed by atoms with Crippen molar-refractivity contribution >= 4 is 44.9 Å². The normalized spacial score (nSPS) is 13.9. The number of nitrogens with one attached hydrogen (secondary N) is 3. The molecule has 4 heterocycles. The minimum atomic E-state index is -4.58. The number of nitrogens with zero attached hydrogens (tertiary/aromatic N) is 6. The Balaban J connectivity index is 1.15. The van der Waals surface area contributed by atoms with Crippen molar-refractivity contribution < 1.29 is 17.9 Å². The molecule has 1 aliphatic rings. The molecule has 0 atom stereocenters. The van der Waals surface area contributed by atoms with E-state index in [1.54, 1.807) is 36.8 Å². The van der Waals surface area contributed by atoms with E-state index in [9.17, 15) is 13.2 Å². The van der Waals surface area contributed by atoms with Crippen LogP contribution in [0.4, 0.5) is 24.7 Å². The van der Waals surface area contributed by atoms with E-state index in [-0.39, 0.29) is 12.0 Å². The van der Waals surface area contributed by atoms with Crippen LogP contribution in [0.1, 0.15) is 17.7 Å². The average molecular weight is 662 g/mol. The maximum atomic E-state index is 14.2. The smallest absolute Gasteiger partial charge is 0.433 e. The Morgan fingerprint density at radius 2 is 1.81 bits per heavy atom. The molecule has 7 rings (SSSR count). The predicted molar refractivity (Wildman–Crippen MR) is 177 cm³/mol.